The number of ether oxygens (including phenoxy) is 1. The predicted octanol–water partition coefficient (Wildman–Crippen LogP) is 6.87. The van der Waals surface area contributed by atoms with Gasteiger partial charge in [0, 0.05) is 53.4 Å². The highest BCUT2D eigenvalue weighted by atomic mass is 19.1. The summed E-state index contributed by atoms with van der Waals surface area (Å²) in [6, 6.07) is 8.52. The van der Waals surface area contributed by atoms with Gasteiger partial charge in [0.15, 0.2) is 11.6 Å². The number of hydrogen-bond acceptors (Lipinski definition) is 7. The lowest BCUT2D eigenvalue weighted by Gasteiger charge is -2.56. The van der Waals surface area contributed by atoms with Gasteiger partial charge in [-0.3, -0.25) is 9.25 Å². The zero-order valence-electron chi connectivity index (χ0n) is 24.8. The van der Waals surface area contributed by atoms with Gasteiger partial charge in [-0.15, -0.1) is 0 Å². The Morgan fingerprint density at radius 1 is 1.02 bits per heavy atom. The monoisotopic (exact) mass is 591 g/mol. The summed E-state index contributed by atoms with van der Waals surface area (Å²) in [4.78, 5) is 26.5. The van der Waals surface area contributed by atoms with Gasteiger partial charge in [-0.2, -0.15) is 5.10 Å². The van der Waals surface area contributed by atoms with Crippen LogP contribution in [0.3, 0.4) is 0 Å². The molecule has 4 bridgehead atoms. The summed E-state index contributed by atoms with van der Waals surface area (Å²) in [5.74, 6) is 2.17. The van der Waals surface area contributed by atoms with Crippen LogP contribution in [0.4, 0.5) is 16.0 Å². The topological polar surface area (TPSA) is 99.8 Å². The number of pyridine rings is 3. The molecule has 44 heavy (non-hydrogen) atoms. The number of carbonyl (C=O) groups excluding carboxylic acids is 1. The second-order valence-corrected chi connectivity index (χ2v) is 13.0. The van der Waals surface area contributed by atoms with Crippen molar-refractivity contribution < 1.29 is 13.9 Å². The van der Waals surface area contributed by atoms with Gasteiger partial charge in [0.2, 0.25) is 0 Å². The van der Waals surface area contributed by atoms with Crippen LogP contribution in [0.5, 0.6) is 0 Å². The molecule has 5 aromatic rings. The van der Waals surface area contributed by atoms with E-state index >= 15 is 4.39 Å². The van der Waals surface area contributed by atoms with Crippen molar-refractivity contribution in [1.82, 2.24) is 29.3 Å². The normalized spacial score (nSPS) is 23.8. The second-order valence-electron chi connectivity index (χ2n) is 13.0. The van der Waals surface area contributed by atoms with Gasteiger partial charge in [-0.1, -0.05) is 6.07 Å². The van der Waals surface area contributed by atoms with Gasteiger partial charge in [0.25, 0.3) is 0 Å². The molecule has 9 nitrogen and oxygen atoms in total. The van der Waals surface area contributed by atoms with Gasteiger partial charge in [-0.25, -0.2) is 24.1 Å². The van der Waals surface area contributed by atoms with Crippen LogP contribution in [0.2, 0.25) is 0 Å². The maximum atomic E-state index is 15.1. The number of fused-ring (bicyclic) bond motifs is 1. The Hall–Kier alpha value is -4.60. The third kappa shape index (κ3) is 4.46. The fraction of sp³-hybridized carbons (Fsp3) is 0.382. The van der Waals surface area contributed by atoms with E-state index in [1.807, 2.05) is 18.3 Å². The average molecular weight is 592 g/mol. The Balaban J connectivity index is 1.14. The van der Waals surface area contributed by atoms with E-state index in [0.29, 0.717) is 39.1 Å². The molecule has 0 aliphatic heterocycles. The largest absolute Gasteiger partial charge is 0.465 e. The Morgan fingerprint density at radius 2 is 1.80 bits per heavy atom. The fourth-order valence-electron chi connectivity index (χ4n) is 8.70. The first-order valence-corrected chi connectivity index (χ1v) is 15.3. The Morgan fingerprint density at radius 3 is 2.48 bits per heavy atom. The molecule has 0 atom stereocenters. The van der Waals surface area contributed by atoms with Crippen molar-refractivity contribution in [3.8, 4) is 16.8 Å². The number of halogens is 1. The van der Waals surface area contributed by atoms with Gasteiger partial charge >= 0.3 is 5.97 Å². The fourth-order valence-corrected chi connectivity index (χ4v) is 8.70. The highest BCUT2D eigenvalue weighted by molar-refractivity contribution is 6.09. The lowest BCUT2D eigenvalue weighted by molar-refractivity contribution is -0.0638. The molecule has 0 radical (unpaired) electrons. The summed E-state index contributed by atoms with van der Waals surface area (Å²) >= 11 is 0. The first-order chi connectivity index (χ1) is 21.4. The lowest BCUT2D eigenvalue weighted by atomic mass is 9.49. The first kappa shape index (κ1) is 27.0. The molecule has 5 aromatic heterocycles. The van der Waals surface area contributed by atoms with Gasteiger partial charge < -0.3 is 10.1 Å². The molecule has 0 aromatic carbocycles. The van der Waals surface area contributed by atoms with Crippen LogP contribution >= 0.6 is 0 Å². The number of carbonyl (C=O) groups is 1. The minimum absolute atomic E-state index is 0.0652. The smallest absolute Gasteiger partial charge is 0.339 e. The number of aromatic nitrogens is 6. The highest BCUT2D eigenvalue weighted by Crippen LogP contribution is 2.60. The molecule has 0 amide bonds. The molecule has 4 aliphatic rings. The zero-order valence-corrected chi connectivity index (χ0v) is 24.8. The van der Waals surface area contributed by atoms with Crippen molar-refractivity contribution in [2.45, 2.75) is 52.0 Å². The molecule has 9 rings (SSSR count). The summed E-state index contributed by atoms with van der Waals surface area (Å²) in [7, 11) is 1.38. The summed E-state index contributed by atoms with van der Waals surface area (Å²) in [6.45, 7) is 3.00. The maximum Gasteiger partial charge on any atom is 0.339 e. The van der Waals surface area contributed by atoms with E-state index in [0.717, 1.165) is 35.6 Å². The van der Waals surface area contributed by atoms with Crippen molar-refractivity contribution >= 4 is 28.6 Å². The Bertz CT molecular complexity index is 1860. The van der Waals surface area contributed by atoms with E-state index in [1.54, 1.807) is 41.5 Å². The van der Waals surface area contributed by atoms with Crippen molar-refractivity contribution in [3.63, 3.8) is 0 Å². The van der Waals surface area contributed by atoms with E-state index in [4.69, 9.17) is 14.8 Å². The first-order valence-electron chi connectivity index (χ1n) is 15.3. The Labute approximate surface area is 254 Å². The SMILES string of the molecule is COC(=O)c1c(-c2cnn(CC34CC5CC(CC(C5)C3)C4)c2C)cnc2c1ccn2-c1cnc(Nc2ccccn2)c(F)c1. The van der Waals surface area contributed by atoms with Gasteiger partial charge in [0.05, 0.1) is 30.8 Å². The predicted molar refractivity (Wildman–Crippen MR) is 164 cm³/mol. The van der Waals surface area contributed by atoms with E-state index in [1.165, 1.54) is 51.7 Å². The van der Waals surface area contributed by atoms with Gasteiger partial charge in [0.1, 0.15) is 11.5 Å². The number of methoxy groups -OCH3 is 1. The zero-order chi connectivity index (χ0) is 30.0. The summed E-state index contributed by atoms with van der Waals surface area (Å²) < 4.78 is 24.2. The number of rotatable bonds is 7. The van der Waals surface area contributed by atoms with Crippen molar-refractivity contribution in [3.05, 3.63) is 78.4 Å². The van der Waals surface area contributed by atoms with E-state index in [9.17, 15) is 4.79 Å². The van der Waals surface area contributed by atoms with Crippen molar-refractivity contribution in [2.75, 3.05) is 12.4 Å². The van der Waals surface area contributed by atoms with Crippen LogP contribution in [0.25, 0.3) is 27.8 Å². The number of hydrogen-bond donors (Lipinski definition) is 1. The summed E-state index contributed by atoms with van der Waals surface area (Å²) in [5.41, 5.74) is 4.29. The third-order valence-corrected chi connectivity index (χ3v) is 10.2. The van der Waals surface area contributed by atoms with E-state index < -0.39 is 11.8 Å². The number of anilines is 2. The molecule has 4 aliphatic carbocycles. The third-order valence-electron chi connectivity index (χ3n) is 10.2. The lowest BCUT2D eigenvalue weighted by Crippen LogP contribution is -2.48. The molecular weight excluding hydrogens is 557 g/mol. The summed E-state index contributed by atoms with van der Waals surface area (Å²) in [6.07, 6.45) is 16.6. The summed E-state index contributed by atoms with van der Waals surface area (Å²) in [5, 5.41) is 8.35. The molecule has 224 valence electrons. The molecule has 0 saturated heterocycles. The van der Waals surface area contributed by atoms with E-state index in [2.05, 4.69) is 26.9 Å². The van der Waals surface area contributed by atoms with Crippen molar-refractivity contribution in [1.29, 1.82) is 0 Å². The standard InChI is InChI=1S/C34H34FN7O2/c1-20-26(18-39-42(20)19-34-13-21-9-22(14-34)11-23(10-21)15-34)27-17-38-32-25(30(27)33(43)44-2)6-8-41(32)24-12-28(35)31(37-16-24)40-29-5-3-4-7-36-29/h3-8,12,16-18,21-23H,9-11,13-15,19H2,1-2H3,(H,36,37,40). The molecule has 4 fully saturated rings. The second kappa shape index (κ2) is 10.2. The minimum atomic E-state index is -0.540. The molecule has 4 saturated carbocycles. The maximum absolute atomic E-state index is 15.1. The average Bonchev–Trinajstić information content (AvgIpc) is 3.60. The minimum Gasteiger partial charge on any atom is -0.465 e. The quantitative estimate of drug-likeness (QED) is 0.206. The van der Waals surface area contributed by atoms with E-state index in [-0.39, 0.29) is 5.82 Å². The van der Waals surface area contributed by atoms with Gasteiger partial charge in [-0.05, 0) is 86.8 Å². The van der Waals surface area contributed by atoms with Crippen molar-refractivity contribution in [2.24, 2.45) is 23.2 Å². The number of nitrogens with one attached hydrogen (secondary N) is 1. The van der Waals surface area contributed by atoms with Crippen LogP contribution < -0.4 is 5.32 Å². The molecule has 0 spiro atoms. The van der Waals surface area contributed by atoms with Crippen LogP contribution in [0.15, 0.2) is 61.3 Å². The molecule has 1 N–H and O–H groups in total. The number of nitrogens with zero attached hydrogens (tertiary/aromatic N) is 6. The molecule has 5 heterocycles. The highest BCUT2D eigenvalue weighted by Gasteiger charge is 2.51. The number of esters is 1. The molecule has 0 unspecified atom stereocenters. The van der Waals surface area contributed by atoms with Crippen LogP contribution in [-0.2, 0) is 11.3 Å². The molecule has 10 heteroatoms. The van der Waals surface area contributed by atoms with Crippen LogP contribution in [0.1, 0.15) is 54.6 Å². The van der Waals surface area contributed by atoms with Crippen LogP contribution in [0, 0.1) is 35.9 Å². The van der Waals surface area contributed by atoms with Crippen LogP contribution in [-0.4, -0.2) is 42.4 Å². The Kier molecular flexibility index (Phi) is 6.28. The molecular formula is C34H34FN7O2.